The number of anilines is 6. The Kier molecular flexibility index (Phi) is 11.2. The van der Waals surface area contributed by atoms with Crippen molar-refractivity contribution in [2.24, 2.45) is 0 Å². The van der Waals surface area contributed by atoms with Crippen molar-refractivity contribution < 1.29 is 0 Å². The molecular formula is C105H62BN3. The molecule has 26 rings (SSSR count). The highest BCUT2D eigenvalue weighted by Crippen LogP contribution is 2.70. The van der Waals surface area contributed by atoms with Crippen molar-refractivity contribution in [3.05, 3.63) is 443 Å². The van der Waals surface area contributed by atoms with Gasteiger partial charge in [0, 0.05) is 50.3 Å². The van der Waals surface area contributed by atoms with Crippen molar-refractivity contribution >= 4 is 79.0 Å². The molecule has 500 valence electrons. The van der Waals surface area contributed by atoms with Crippen LogP contribution in [-0.4, -0.2) is 11.3 Å². The van der Waals surface area contributed by atoms with Gasteiger partial charge in [0.05, 0.1) is 38.7 Å². The van der Waals surface area contributed by atoms with Crippen molar-refractivity contribution in [3.63, 3.8) is 0 Å². The third kappa shape index (κ3) is 6.92. The number of aromatic nitrogens is 1. The summed E-state index contributed by atoms with van der Waals surface area (Å²) in [5.41, 5.74) is 45.5. The summed E-state index contributed by atoms with van der Waals surface area (Å²) in [4.78, 5) is 5.58. The van der Waals surface area contributed by atoms with Crippen LogP contribution in [0.1, 0.15) is 66.8 Å². The number of nitrogens with zero attached hydrogens (tertiary/aromatic N) is 3. The number of para-hydroxylation sites is 2. The minimum absolute atomic E-state index is 0.302. The minimum atomic E-state index is -0.713. The molecule has 0 amide bonds. The minimum Gasteiger partial charge on any atom is -0.311 e. The van der Waals surface area contributed by atoms with Crippen molar-refractivity contribution in [2.75, 3.05) is 9.80 Å². The summed E-state index contributed by atoms with van der Waals surface area (Å²) in [5.74, 6) is 0. The summed E-state index contributed by atoms with van der Waals surface area (Å²) < 4.78 is 2.59. The van der Waals surface area contributed by atoms with Crippen LogP contribution in [0.25, 0.3) is 105 Å². The van der Waals surface area contributed by atoms with E-state index in [0.717, 1.165) is 39.5 Å². The van der Waals surface area contributed by atoms with E-state index in [1.165, 1.54) is 183 Å². The van der Waals surface area contributed by atoms with Crippen LogP contribution >= 0.6 is 0 Å². The van der Waals surface area contributed by atoms with Crippen molar-refractivity contribution in [1.82, 2.24) is 4.57 Å². The van der Waals surface area contributed by atoms with E-state index in [2.05, 4.69) is 390 Å². The van der Waals surface area contributed by atoms with E-state index in [4.69, 9.17) is 0 Å². The van der Waals surface area contributed by atoms with Gasteiger partial charge in [0.1, 0.15) is 0 Å². The van der Waals surface area contributed by atoms with Gasteiger partial charge in [0.2, 0.25) is 0 Å². The molecule has 4 heteroatoms. The van der Waals surface area contributed by atoms with Crippen LogP contribution in [0.5, 0.6) is 0 Å². The number of hydrogen-bond donors (Lipinski definition) is 0. The molecular weight excluding hydrogens is 1310 g/mol. The topological polar surface area (TPSA) is 11.4 Å². The number of rotatable bonds is 4. The fourth-order valence-electron chi connectivity index (χ4n) is 22.8. The summed E-state index contributed by atoms with van der Waals surface area (Å²) >= 11 is 0. The Hall–Kier alpha value is -13.8. The van der Waals surface area contributed by atoms with E-state index in [9.17, 15) is 0 Å². The number of hydrogen-bond acceptors (Lipinski definition) is 2. The molecule has 0 saturated carbocycles. The standard InChI is InChI=1S/C105H62BN3/c1-2-27-63(28-3-1)64-53-55-65(56-54-64)108-97-59-66(107-93-50-24-13-38-76(93)77-39-14-25-51-94(77)107)60-98-101(97)106(91-58-57-79-74-36-11-23-49-89(74)105(100(79)102(91)108)86-46-20-8-33-71(86)72-34-9-21-47-87(72)105)92-61-80-75-37-12-17-43-83(75)103(81-41-15-4-29-67(81)68-30-5-16-42-82(68)103)90(80)62-96(92)109(98)95-52-26-40-78-73-35-10-22-48-88(73)104(99(78)95)84-44-18-6-31-69(84)70-32-7-19-45-85(70)104/h1-62H. The van der Waals surface area contributed by atoms with Gasteiger partial charge in [-0.05, 0) is 198 Å². The largest absolute Gasteiger partial charge is 0.311 e. The molecule has 18 aromatic rings. The van der Waals surface area contributed by atoms with E-state index < -0.39 is 16.2 Å². The summed E-state index contributed by atoms with van der Waals surface area (Å²) in [5, 5.41) is 2.44. The van der Waals surface area contributed by atoms with Crippen LogP contribution in [-0.2, 0) is 16.2 Å². The van der Waals surface area contributed by atoms with Crippen LogP contribution in [0.4, 0.5) is 34.1 Å². The SMILES string of the molecule is c1ccc(-c2ccc(N3c4cc(-n5c6ccccc6c6ccccc65)cc5c4B(c4cc6c(cc4N5c4cccc5c4C4(c7ccccc7-c7ccccc74)c4ccccc4-5)C4(c5ccccc5-c5ccccc54)c4ccccc4-6)c4ccc5c(c43)C3(c4ccccc4-c4ccccc43)c3ccccc3-5)cc2)cc1. The Morgan fingerprint density at radius 2 is 0.587 bits per heavy atom. The van der Waals surface area contributed by atoms with Gasteiger partial charge in [-0.25, -0.2) is 0 Å². The fraction of sp³-hybridized carbons (Fsp3) is 0.0286. The summed E-state index contributed by atoms with van der Waals surface area (Å²) in [7, 11) is 0. The maximum Gasteiger partial charge on any atom is 0.252 e. The molecule has 3 spiro atoms. The average Bonchev–Trinajstić information content (AvgIpc) is 1.50. The first-order valence-electron chi connectivity index (χ1n) is 38.4. The van der Waals surface area contributed by atoms with Crippen LogP contribution in [0.15, 0.2) is 376 Å². The molecule has 0 atom stereocenters. The molecule has 2 aliphatic heterocycles. The zero-order chi connectivity index (χ0) is 70.7. The lowest BCUT2D eigenvalue weighted by Gasteiger charge is -2.47. The molecule has 8 aliphatic rings. The predicted octanol–water partition coefficient (Wildman–Crippen LogP) is 23.6. The van der Waals surface area contributed by atoms with Crippen LogP contribution in [0.2, 0.25) is 0 Å². The van der Waals surface area contributed by atoms with Crippen molar-refractivity contribution in [2.45, 2.75) is 16.2 Å². The van der Waals surface area contributed by atoms with E-state index in [0.29, 0.717) is 0 Å². The lowest BCUT2D eigenvalue weighted by molar-refractivity contribution is 0.790. The highest BCUT2D eigenvalue weighted by molar-refractivity contribution is 7.00. The second kappa shape index (κ2) is 20.8. The second-order valence-electron chi connectivity index (χ2n) is 31.0. The number of fused-ring (bicyclic) bond motifs is 38. The molecule has 1 aromatic heterocycles. The maximum atomic E-state index is 2.82. The molecule has 109 heavy (non-hydrogen) atoms. The predicted molar refractivity (Wildman–Crippen MR) is 449 cm³/mol. The Morgan fingerprint density at radius 3 is 1.07 bits per heavy atom. The Morgan fingerprint density at radius 1 is 0.211 bits per heavy atom. The molecule has 0 N–H and O–H groups in total. The third-order valence-electron chi connectivity index (χ3n) is 26.6. The zero-order valence-corrected chi connectivity index (χ0v) is 59.2. The van der Waals surface area contributed by atoms with Crippen LogP contribution in [0.3, 0.4) is 0 Å². The smallest absolute Gasteiger partial charge is 0.252 e. The first-order chi connectivity index (χ1) is 54.1. The van der Waals surface area contributed by atoms with E-state index in [1.54, 1.807) is 0 Å². The highest BCUT2D eigenvalue weighted by Gasteiger charge is 2.60. The molecule has 17 aromatic carbocycles. The van der Waals surface area contributed by atoms with Gasteiger partial charge in [-0.1, -0.05) is 328 Å². The Balaban J connectivity index is 0.870. The molecule has 6 aliphatic carbocycles. The summed E-state index contributed by atoms with van der Waals surface area (Å²) in [6, 6.07) is 146. The van der Waals surface area contributed by atoms with Crippen molar-refractivity contribution in [3.8, 4) is 83.6 Å². The van der Waals surface area contributed by atoms with Gasteiger partial charge >= 0.3 is 0 Å². The van der Waals surface area contributed by atoms with Crippen molar-refractivity contribution in [1.29, 1.82) is 0 Å². The maximum absolute atomic E-state index is 2.82. The molecule has 0 unspecified atom stereocenters. The average molecular weight is 1380 g/mol. The Bertz CT molecular complexity index is 6930. The van der Waals surface area contributed by atoms with Gasteiger partial charge in [0.25, 0.3) is 6.71 Å². The van der Waals surface area contributed by atoms with Gasteiger partial charge in [-0.15, -0.1) is 0 Å². The van der Waals surface area contributed by atoms with E-state index >= 15 is 0 Å². The van der Waals surface area contributed by atoms with E-state index in [-0.39, 0.29) is 6.71 Å². The molecule has 0 bridgehead atoms. The summed E-state index contributed by atoms with van der Waals surface area (Å²) in [6.07, 6.45) is 0. The molecule has 3 heterocycles. The Labute approximate surface area is 631 Å². The lowest BCUT2D eigenvalue weighted by Crippen LogP contribution is -2.62. The van der Waals surface area contributed by atoms with Crippen LogP contribution < -0.4 is 26.2 Å². The highest BCUT2D eigenvalue weighted by atomic mass is 15.2. The molecule has 0 fully saturated rings. The van der Waals surface area contributed by atoms with Gasteiger partial charge in [-0.3, -0.25) is 0 Å². The second-order valence-corrected chi connectivity index (χ2v) is 31.0. The third-order valence-corrected chi connectivity index (χ3v) is 26.6. The van der Waals surface area contributed by atoms with E-state index in [1.807, 2.05) is 0 Å². The summed E-state index contributed by atoms with van der Waals surface area (Å²) in [6.45, 7) is -0.302. The van der Waals surface area contributed by atoms with Gasteiger partial charge in [-0.2, -0.15) is 0 Å². The van der Waals surface area contributed by atoms with Crippen LogP contribution in [0, 0.1) is 0 Å². The molecule has 0 radical (unpaired) electrons. The monoisotopic (exact) mass is 1380 g/mol. The quantitative estimate of drug-likeness (QED) is 0.163. The zero-order valence-electron chi connectivity index (χ0n) is 59.2. The lowest BCUT2D eigenvalue weighted by atomic mass is 9.33. The normalized spacial score (nSPS) is 15.0. The number of benzene rings is 17. The molecule has 0 saturated heterocycles. The first kappa shape index (κ1) is 58.5. The fourth-order valence-corrected chi connectivity index (χ4v) is 22.8. The first-order valence-corrected chi connectivity index (χ1v) is 38.4. The molecule has 3 nitrogen and oxygen atoms in total. The van der Waals surface area contributed by atoms with Gasteiger partial charge < -0.3 is 14.4 Å². The van der Waals surface area contributed by atoms with Gasteiger partial charge in [0.15, 0.2) is 0 Å².